The van der Waals surface area contributed by atoms with Gasteiger partial charge < -0.3 is 41.9 Å². The van der Waals surface area contributed by atoms with E-state index in [1.165, 1.54) is 0 Å². The number of benzene rings is 1. The van der Waals surface area contributed by atoms with Gasteiger partial charge in [0.2, 0.25) is 5.91 Å². The van der Waals surface area contributed by atoms with Crippen LogP contribution in [0.3, 0.4) is 0 Å². The minimum Gasteiger partial charge on any atom is -0.481 e. The SMILES string of the molecule is CCCC(N)C(=O)N[C@@H](CO)[C@@H](O)[C@@H](O)[C@H](O)C(=O)NC(CC(=O)O)c1ccccc1. The molecule has 0 saturated carbocycles. The maximum Gasteiger partial charge on any atom is 0.305 e. The van der Waals surface area contributed by atoms with Gasteiger partial charge in [-0.25, -0.2) is 0 Å². The van der Waals surface area contributed by atoms with Crippen LogP contribution in [0.15, 0.2) is 30.3 Å². The Labute approximate surface area is 179 Å². The first-order valence-corrected chi connectivity index (χ1v) is 9.90. The minimum absolute atomic E-state index is 0.359. The van der Waals surface area contributed by atoms with Gasteiger partial charge in [-0.15, -0.1) is 0 Å². The molecule has 174 valence electrons. The zero-order valence-electron chi connectivity index (χ0n) is 17.2. The Morgan fingerprint density at radius 3 is 2.13 bits per heavy atom. The Balaban J connectivity index is 2.83. The predicted octanol–water partition coefficient (Wildman–Crippen LogP) is -1.99. The Bertz CT molecular complexity index is 718. The number of hydrogen-bond donors (Lipinski definition) is 8. The van der Waals surface area contributed by atoms with Crippen molar-refractivity contribution in [2.24, 2.45) is 5.73 Å². The van der Waals surface area contributed by atoms with Crippen molar-refractivity contribution in [2.45, 2.75) is 62.6 Å². The molecule has 0 aliphatic rings. The van der Waals surface area contributed by atoms with Gasteiger partial charge in [0.1, 0.15) is 12.2 Å². The summed E-state index contributed by atoms with van der Waals surface area (Å²) >= 11 is 0. The van der Waals surface area contributed by atoms with Crippen LogP contribution in [-0.4, -0.2) is 80.3 Å². The number of aliphatic hydroxyl groups is 4. The van der Waals surface area contributed by atoms with Crippen LogP contribution < -0.4 is 16.4 Å². The van der Waals surface area contributed by atoms with Crippen LogP contribution in [0.4, 0.5) is 0 Å². The molecular weight excluding hydrogens is 410 g/mol. The molecule has 1 aromatic rings. The largest absolute Gasteiger partial charge is 0.481 e. The molecule has 2 unspecified atom stereocenters. The lowest BCUT2D eigenvalue weighted by molar-refractivity contribution is -0.145. The van der Waals surface area contributed by atoms with E-state index in [4.69, 9.17) is 10.8 Å². The Hall–Kier alpha value is -2.57. The maximum absolute atomic E-state index is 12.4. The molecule has 0 fully saturated rings. The predicted molar refractivity (Wildman–Crippen MR) is 109 cm³/mol. The first-order valence-electron chi connectivity index (χ1n) is 9.90. The molecule has 0 radical (unpaired) electrons. The van der Waals surface area contributed by atoms with E-state index in [9.17, 15) is 34.8 Å². The molecule has 6 atom stereocenters. The number of carbonyl (C=O) groups is 3. The molecule has 0 bridgehead atoms. The van der Waals surface area contributed by atoms with Gasteiger partial charge >= 0.3 is 5.97 Å². The van der Waals surface area contributed by atoms with Gasteiger partial charge in [-0.3, -0.25) is 14.4 Å². The van der Waals surface area contributed by atoms with E-state index in [1.54, 1.807) is 30.3 Å². The van der Waals surface area contributed by atoms with Crippen LogP contribution in [0.25, 0.3) is 0 Å². The Morgan fingerprint density at radius 1 is 1.00 bits per heavy atom. The zero-order chi connectivity index (χ0) is 23.6. The van der Waals surface area contributed by atoms with Crippen molar-refractivity contribution in [2.75, 3.05) is 6.61 Å². The number of rotatable bonds is 13. The van der Waals surface area contributed by atoms with Crippen molar-refractivity contribution in [3.63, 3.8) is 0 Å². The molecule has 9 N–H and O–H groups in total. The van der Waals surface area contributed by atoms with E-state index in [-0.39, 0.29) is 0 Å². The molecular formula is C20H31N3O8. The maximum atomic E-state index is 12.4. The van der Waals surface area contributed by atoms with Crippen molar-refractivity contribution in [3.8, 4) is 0 Å². The Morgan fingerprint density at radius 2 is 1.61 bits per heavy atom. The molecule has 31 heavy (non-hydrogen) atoms. The highest BCUT2D eigenvalue weighted by Gasteiger charge is 2.37. The molecule has 11 heteroatoms. The van der Waals surface area contributed by atoms with Gasteiger partial charge in [-0.05, 0) is 12.0 Å². The number of carboxylic acid groups (broad SMARTS) is 1. The first-order chi connectivity index (χ1) is 14.6. The van der Waals surface area contributed by atoms with E-state index in [1.807, 2.05) is 6.92 Å². The fourth-order valence-electron chi connectivity index (χ4n) is 2.92. The summed E-state index contributed by atoms with van der Waals surface area (Å²) in [4.78, 5) is 35.5. The average molecular weight is 441 g/mol. The van der Waals surface area contributed by atoms with Crippen LogP contribution in [0.5, 0.6) is 0 Å². The third kappa shape index (κ3) is 8.23. The first kappa shape index (κ1) is 26.5. The van der Waals surface area contributed by atoms with Crippen molar-refractivity contribution in [3.05, 3.63) is 35.9 Å². The lowest BCUT2D eigenvalue weighted by atomic mass is 9.98. The summed E-state index contributed by atoms with van der Waals surface area (Å²) in [6.45, 7) is 1.03. The number of amides is 2. The van der Waals surface area contributed by atoms with E-state index in [0.29, 0.717) is 18.4 Å². The second kappa shape index (κ2) is 13.0. The third-order valence-corrected chi connectivity index (χ3v) is 4.71. The molecule has 1 rings (SSSR count). The van der Waals surface area contributed by atoms with Crippen LogP contribution in [-0.2, 0) is 14.4 Å². The van der Waals surface area contributed by atoms with E-state index >= 15 is 0 Å². The third-order valence-electron chi connectivity index (χ3n) is 4.71. The van der Waals surface area contributed by atoms with Crippen LogP contribution in [0, 0.1) is 0 Å². The highest BCUT2D eigenvalue weighted by molar-refractivity contribution is 5.83. The van der Waals surface area contributed by atoms with Crippen molar-refractivity contribution >= 4 is 17.8 Å². The highest BCUT2D eigenvalue weighted by Crippen LogP contribution is 2.17. The second-order valence-corrected chi connectivity index (χ2v) is 7.19. The fourth-order valence-corrected chi connectivity index (χ4v) is 2.92. The van der Waals surface area contributed by atoms with Gasteiger partial charge in [-0.2, -0.15) is 0 Å². The topological polar surface area (TPSA) is 202 Å². The lowest BCUT2D eigenvalue weighted by Crippen LogP contribution is -2.58. The summed E-state index contributed by atoms with van der Waals surface area (Å²) in [6.07, 6.45) is -5.64. The molecule has 0 aliphatic carbocycles. The summed E-state index contributed by atoms with van der Waals surface area (Å²) in [5.74, 6) is -3.00. The molecule has 0 aromatic heterocycles. The van der Waals surface area contributed by atoms with Crippen LogP contribution in [0.2, 0.25) is 0 Å². The van der Waals surface area contributed by atoms with Gasteiger partial charge in [0, 0.05) is 0 Å². The second-order valence-electron chi connectivity index (χ2n) is 7.19. The van der Waals surface area contributed by atoms with Crippen molar-refractivity contribution in [1.29, 1.82) is 0 Å². The van der Waals surface area contributed by atoms with Gasteiger partial charge in [0.15, 0.2) is 6.10 Å². The number of hydrogen-bond acceptors (Lipinski definition) is 8. The van der Waals surface area contributed by atoms with E-state index in [0.717, 1.165) is 0 Å². The highest BCUT2D eigenvalue weighted by atomic mass is 16.4. The standard InChI is InChI=1S/C20H31N3O8/c1-2-6-12(21)19(30)23-14(10-24)16(27)17(28)18(29)20(31)22-13(9-15(25)26)11-7-4-3-5-8-11/h3-5,7-8,12-14,16-18,24,27-29H,2,6,9-10,21H2,1H3,(H,22,31)(H,23,30)(H,25,26)/t12?,13?,14-,16+,17+,18-/m0/s1. The number of carbonyl (C=O) groups excluding carboxylic acids is 2. The van der Waals surface area contributed by atoms with Gasteiger partial charge in [0.05, 0.1) is 31.2 Å². The quantitative estimate of drug-likeness (QED) is 0.170. The number of carboxylic acids is 1. The van der Waals surface area contributed by atoms with Gasteiger partial charge in [0.25, 0.3) is 5.91 Å². The summed E-state index contributed by atoms with van der Waals surface area (Å²) in [5, 5.41) is 53.8. The Kier molecular flexibility index (Phi) is 11.1. The monoisotopic (exact) mass is 441 g/mol. The van der Waals surface area contributed by atoms with E-state index < -0.39 is 67.2 Å². The summed E-state index contributed by atoms with van der Waals surface area (Å²) in [7, 11) is 0. The molecule has 11 nitrogen and oxygen atoms in total. The normalized spacial score (nSPS) is 17.0. The van der Waals surface area contributed by atoms with Crippen LogP contribution >= 0.6 is 0 Å². The molecule has 0 spiro atoms. The molecule has 0 saturated heterocycles. The average Bonchev–Trinajstić information content (AvgIpc) is 2.75. The molecule has 0 heterocycles. The summed E-state index contributed by atoms with van der Waals surface area (Å²) in [6, 6.07) is 4.88. The molecule has 1 aromatic carbocycles. The number of aliphatic hydroxyl groups excluding tert-OH is 4. The van der Waals surface area contributed by atoms with Crippen LogP contribution in [0.1, 0.15) is 37.8 Å². The number of aliphatic carboxylic acids is 1. The molecule has 0 aliphatic heterocycles. The van der Waals surface area contributed by atoms with Crippen molar-refractivity contribution in [1.82, 2.24) is 10.6 Å². The molecule has 2 amide bonds. The minimum atomic E-state index is -2.16. The smallest absolute Gasteiger partial charge is 0.305 e. The fraction of sp³-hybridized carbons (Fsp3) is 0.550. The van der Waals surface area contributed by atoms with Crippen molar-refractivity contribution < 1.29 is 39.9 Å². The lowest BCUT2D eigenvalue weighted by Gasteiger charge is -2.30. The number of nitrogens with one attached hydrogen (secondary N) is 2. The van der Waals surface area contributed by atoms with E-state index in [2.05, 4.69) is 10.6 Å². The van der Waals surface area contributed by atoms with Gasteiger partial charge in [-0.1, -0.05) is 43.7 Å². The summed E-state index contributed by atoms with van der Waals surface area (Å²) < 4.78 is 0. The zero-order valence-corrected chi connectivity index (χ0v) is 17.2. The number of nitrogens with two attached hydrogens (primary N) is 1. The summed E-state index contributed by atoms with van der Waals surface area (Å²) in [5.41, 5.74) is 6.13.